The first-order chi connectivity index (χ1) is 8.99. The van der Waals surface area contributed by atoms with Crippen LogP contribution in [0.3, 0.4) is 0 Å². The number of carboxylic acid groups (broad SMARTS) is 1. The number of nitrogens with zero attached hydrogens (tertiary/aromatic N) is 4. The molecule has 0 aliphatic carbocycles. The minimum atomic E-state index is -2.97. The third-order valence-electron chi connectivity index (χ3n) is 2.44. The van der Waals surface area contributed by atoms with Crippen LogP contribution in [0.4, 0.5) is 8.78 Å². The lowest BCUT2D eigenvalue weighted by Crippen LogP contribution is -2.11. The van der Waals surface area contributed by atoms with E-state index in [0.717, 1.165) is 10.4 Å². The molecule has 2 heterocycles. The van der Waals surface area contributed by atoms with E-state index < -0.39 is 23.8 Å². The quantitative estimate of drug-likeness (QED) is 0.912. The Morgan fingerprint density at radius 3 is 2.79 bits per heavy atom. The highest BCUT2D eigenvalue weighted by atomic mass is 19.3. The molecule has 8 heteroatoms. The van der Waals surface area contributed by atoms with Crippen molar-refractivity contribution in [2.75, 3.05) is 0 Å². The smallest absolute Gasteiger partial charge is 0.358 e. The lowest BCUT2D eigenvalue weighted by atomic mass is 10.3. The number of carboxylic acids is 1. The van der Waals surface area contributed by atoms with Crippen molar-refractivity contribution in [2.45, 2.75) is 19.9 Å². The first-order valence-electron chi connectivity index (χ1n) is 5.36. The lowest BCUT2D eigenvalue weighted by molar-refractivity contribution is 0.0675. The van der Waals surface area contributed by atoms with Crippen LogP contribution in [0.15, 0.2) is 18.2 Å². The number of carbonyl (C=O) groups is 1. The van der Waals surface area contributed by atoms with Gasteiger partial charge in [0, 0.05) is 5.69 Å². The molecular weight excluding hydrogens is 258 g/mol. The number of alkyl halides is 2. The molecule has 2 rings (SSSR count). The van der Waals surface area contributed by atoms with Crippen LogP contribution in [-0.2, 0) is 6.54 Å². The average Bonchev–Trinajstić information content (AvgIpc) is 2.73. The van der Waals surface area contributed by atoms with E-state index in [9.17, 15) is 13.6 Å². The first kappa shape index (κ1) is 13.1. The zero-order valence-corrected chi connectivity index (χ0v) is 9.92. The van der Waals surface area contributed by atoms with Gasteiger partial charge in [-0.15, -0.1) is 5.10 Å². The van der Waals surface area contributed by atoms with Gasteiger partial charge >= 0.3 is 5.97 Å². The molecule has 0 saturated carbocycles. The second-order valence-electron chi connectivity index (χ2n) is 3.86. The highest BCUT2D eigenvalue weighted by Crippen LogP contribution is 2.22. The van der Waals surface area contributed by atoms with Gasteiger partial charge in [0.25, 0.3) is 6.43 Å². The minimum absolute atomic E-state index is 0.0539. The van der Waals surface area contributed by atoms with Gasteiger partial charge < -0.3 is 5.11 Å². The maximum atomic E-state index is 12.9. The Bertz CT molecular complexity index is 612. The van der Waals surface area contributed by atoms with E-state index in [4.69, 9.17) is 5.11 Å². The number of hydrogen-bond donors (Lipinski definition) is 1. The predicted octanol–water partition coefficient (Wildman–Crippen LogP) is 1.67. The third kappa shape index (κ3) is 2.72. The second-order valence-corrected chi connectivity index (χ2v) is 3.86. The molecule has 0 aromatic carbocycles. The molecule has 19 heavy (non-hydrogen) atoms. The van der Waals surface area contributed by atoms with E-state index in [2.05, 4.69) is 15.3 Å². The maximum Gasteiger partial charge on any atom is 0.358 e. The first-order valence-corrected chi connectivity index (χ1v) is 5.36. The Morgan fingerprint density at radius 2 is 2.21 bits per heavy atom. The van der Waals surface area contributed by atoms with Gasteiger partial charge in [-0.3, -0.25) is 4.98 Å². The van der Waals surface area contributed by atoms with Crippen LogP contribution in [0.5, 0.6) is 0 Å². The zero-order valence-electron chi connectivity index (χ0n) is 9.92. The van der Waals surface area contributed by atoms with E-state index in [1.54, 1.807) is 25.1 Å². The average molecular weight is 268 g/mol. The van der Waals surface area contributed by atoms with Crippen molar-refractivity contribution in [3.05, 3.63) is 41.0 Å². The fraction of sp³-hybridized carbons (Fsp3) is 0.273. The Hall–Kier alpha value is -2.38. The number of halogens is 2. The number of hydrogen-bond acceptors (Lipinski definition) is 4. The van der Waals surface area contributed by atoms with Gasteiger partial charge in [-0.25, -0.2) is 18.3 Å². The fourth-order valence-corrected chi connectivity index (χ4v) is 1.65. The fourth-order valence-electron chi connectivity index (χ4n) is 1.65. The van der Waals surface area contributed by atoms with Crippen LogP contribution in [0.25, 0.3) is 0 Å². The Morgan fingerprint density at radius 1 is 1.47 bits per heavy atom. The van der Waals surface area contributed by atoms with Crippen molar-refractivity contribution in [1.82, 2.24) is 20.0 Å². The summed E-state index contributed by atoms with van der Waals surface area (Å²) < 4.78 is 26.6. The van der Waals surface area contributed by atoms with Gasteiger partial charge in [-0.1, -0.05) is 11.3 Å². The molecule has 2 aromatic heterocycles. The monoisotopic (exact) mass is 268 g/mol. The molecule has 0 aliphatic rings. The second kappa shape index (κ2) is 5.09. The summed E-state index contributed by atoms with van der Waals surface area (Å²) in [6, 6.07) is 5.14. The summed E-state index contributed by atoms with van der Waals surface area (Å²) in [5.41, 5.74) is -0.211. The highest BCUT2D eigenvalue weighted by molar-refractivity contribution is 5.86. The van der Waals surface area contributed by atoms with Gasteiger partial charge in [0.05, 0.1) is 12.2 Å². The number of pyridine rings is 1. The van der Waals surface area contributed by atoms with Crippen LogP contribution >= 0.6 is 0 Å². The van der Waals surface area contributed by atoms with E-state index >= 15 is 0 Å². The van der Waals surface area contributed by atoms with Gasteiger partial charge in [0.1, 0.15) is 5.69 Å². The van der Waals surface area contributed by atoms with Crippen LogP contribution in [0.1, 0.15) is 34.0 Å². The van der Waals surface area contributed by atoms with E-state index in [-0.39, 0.29) is 6.54 Å². The molecule has 0 fully saturated rings. The Kier molecular flexibility index (Phi) is 3.50. The van der Waals surface area contributed by atoms with E-state index in [1.807, 2.05) is 0 Å². The molecule has 100 valence electrons. The normalized spacial score (nSPS) is 10.9. The van der Waals surface area contributed by atoms with Gasteiger partial charge in [0.15, 0.2) is 5.69 Å². The van der Waals surface area contributed by atoms with Gasteiger partial charge in [-0.2, -0.15) is 0 Å². The van der Waals surface area contributed by atoms with Crippen LogP contribution < -0.4 is 0 Å². The van der Waals surface area contributed by atoms with E-state index in [1.165, 1.54) is 0 Å². The Balaban J connectivity index is 2.38. The standard InChI is InChI=1S/C11H10F2N4O2/c1-6-3-2-4-7(14-6)5-17-9(10(12)13)8(11(18)19)15-16-17/h2-4,10H,5H2,1H3,(H,18,19). The molecule has 0 atom stereocenters. The maximum absolute atomic E-state index is 12.9. The SMILES string of the molecule is Cc1cccc(Cn2nnc(C(=O)O)c2C(F)F)n1. The van der Waals surface area contributed by atoms with E-state index in [0.29, 0.717) is 5.69 Å². The van der Waals surface area contributed by atoms with Crippen molar-refractivity contribution >= 4 is 5.97 Å². The van der Waals surface area contributed by atoms with Crippen LogP contribution in [0, 0.1) is 6.92 Å². The van der Waals surface area contributed by atoms with Crippen LogP contribution in [-0.4, -0.2) is 31.1 Å². The minimum Gasteiger partial charge on any atom is -0.476 e. The zero-order chi connectivity index (χ0) is 14.0. The molecule has 0 aliphatic heterocycles. The molecule has 0 amide bonds. The van der Waals surface area contributed by atoms with Crippen LogP contribution in [0.2, 0.25) is 0 Å². The summed E-state index contributed by atoms with van der Waals surface area (Å²) in [5.74, 6) is -1.53. The molecule has 0 unspecified atom stereocenters. The molecule has 0 saturated heterocycles. The summed E-state index contributed by atoms with van der Waals surface area (Å²) in [6.45, 7) is 1.71. The van der Waals surface area contributed by atoms with Crippen molar-refractivity contribution in [2.24, 2.45) is 0 Å². The number of aryl methyl sites for hydroxylation is 1. The molecule has 6 nitrogen and oxygen atoms in total. The third-order valence-corrected chi connectivity index (χ3v) is 2.44. The van der Waals surface area contributed by atoms with Crippen molar-refractivity contribution in [3.63, 3.8) is 0 Å². The summed E-state index contributed by atoms with van der Waals surface area (Å²) in [6.07, 6.45) is -2.97. The number of aromatic nitrogens is 4. The lowest BCUT2D eigenvalue weighted by Gasteiger charge is -2.06. The van der Waals surface area contributed by atoms with Crippen molar-refractivity contribution < 1.29 is 18.7 Å². The summed E-state index contributed by atoms with van der Waals surface area (Å²) in [5, 5.41) is 15.5. The Labute approximate surface area is 106 Å². The summed E-state index contributed by atoms with van der Waals surface area (Å²) in [7, 11) is 0. The summed E-state index contributed by atoms with van der Waals surface area (Å²) in [4.78, 5) is 14.9. The van der Waals surface area contributed by atoms with Crippen molar-refractivity contribution in [3.8, 4) is 0 Å². The van der Waals surface area contributed by atoms with Gasteiger partial charge in [-0.05, 0) is 19.1 Å². The molecule has 2 aromatic rings. The van der Waals surface area contributed by atoms with Gasteiger partial charge in [0.2, 0.25) is 0 Å². The topological polar surface area (TPSA) is 80.9 Å². The molecule has 0 spiro atoms. The molecular formula is C11H10F2N4O2. The molecule has 0 bridgehead atoms. The highest BCUT2D eigenvalue weighted by Gasteiger charge is 2.26. The molecule has 1 N–H and O–H groups in total. The largest absolute Gasteiger partial charge is 0.476 e. The van der Waals surface area contributed by atoms with Crippen molar-refractivity contribution in [1.29, 1.82) is 0 Å². The number of rotatable bonds is 4. The number of aromatic carboxylic acids is 1. The predicted molar refractivity (Wildman–Crippen MR) is 60.0 cm³/mol. The summed E-state index contributed by atoms with van der Waals surface area (Å²) >= 11 is 0. The molecule has 0 radical (unpaired) electrons.